The fourth-order valence-corrected chi connectivity index (χ4v) is 2.43. The van der Waals surface area contributed by atoms with E-state index in [0.717, 1.165) is 18.5 Å². The number of hydrogen-bond acceptors (Lipinski definition) is 2. The molecule has 1 aliphatic heterocycles. The van der Waals surface area contributed by atoms with Gasteiger partial charge in [0.1, 0.15) is 5.75 Å². The molecule has 1 aromatic carbocycles. The van der Waals surface area contributed by atoms with Crippen LogP contribution in [0, 0.1) is 5.92 Å². The van der Waals surface area contributed by atoms with E-state index >= 15 is 0 Å². The molecule has 1 N–H and O–H groups in total. The molecule has 0 bridgehead atoms. The largest absolute Gasteiger partial charge is 0.508 e. The maximum atomic E-state index is 9.69. The van der Waals surface area contributed by atoms with Gasteiger partial charge in [-0.1, -0.05) is 18.2 Å². The lowest BCUT2D eigenvalue weighted by molar-refractivity contribution is 0.208. The molecule has 0 radical (unpaired) electrons. The first-order valence-electron chi connectivity index (χ1n) is 5.71. The summed E-state index contributed by atoms with van der Waals surface area (Å²) in [5, 5.41) is 9.69. The second-order valence-corrected chi connectivity index (χ2v) is 4.60. The van der Waals surface area contributed by atoms with Gasteiger partial charge in [0.2, 0.25) is 0 Å². The Kier molecular flexibility index (Phi) is 3.27. The molecule has 1 fully saturated rings. The van der Waals surface area contributed by atoms with Gasteiger partial charge in [0.25, 0.3) is 0 Å². The normalized spacial score (nSPS) is 22.9. The van der Waals surface area contributed by atoms with Gasteiger partial charge in [-0.15, -0.1) is 0 Å². The van der Waals surface area contributed by atoms with Crippen LogP contribution in [0.5, 0.6) is 5.75 Å². The van der Waals surface area contributed by atoms with E-state index in [1.165, 1.54) is 19.4 Å². The van der Waals surface area contributed by atoms with Crippen LogP contribution in [0.4, 0.5) is 0 Å². The van der Waals surface area contributed by atoms with Gasteiger partial charge in [0.15, 0.2) is 0 Å². The molecule has 1 atom stereocenters. The number of piperidine rings is 1. The molecule has 1 unspecified atom stereocenters. The molecular weight excluding hydrogens is 186 g/mol. The predicted octanol–water partition coefficient (Wildman–Crippen LogP) is 2.28. The van der Waals surface area contributed by atoms with Gasteiger partial charge < -0.3 is 10.0 Å². The Balaban J connectivity index is 1.99. The zero-order chi connectivity index (χ0) is 10.7. The molecule has 82 valence electrons. The SMILES string of the molecule is CN1CCCC(Cc2ccccc2O)C1. The maximum Gasteiger partial charge on any atom is 0.118 e. The molecule has 2 nitrogen and oxygen atoms in total. The summed E-state index contributed by atoms with van der Waals surface area (Å²) in [5.74, 6) is 1.16. The zero-order valence-corrected chi connectivity index (χ0v) is 9.32. The van der Waals surface area contributed by atoms with Crippen molar-refractivity contribution in [1.29, 1.82) is 0 Å². The standard InChI is InChI=1S/C13H19NO/c1-14-8-4-5-11(10-14)9-12-6-2-3-7-13(12)15/h2-3,6-7,11,15H,4-5,8-10H2,1H3. The van der Waals surface area contributed by atoms with Gasteiger partial charge in [0.05, 0.1) is 0 Å². The highest BCUT2D eigenvalue weighted by molar-refractivity contribution is 5.32. The average Bonchev–Trinajstić information content (AvgIpc) is 2.22. The molecule has 1 heterocycles. The van der Waals surface area contributed by atoms with E-state index in [-0.39, 0.29) is 0 Å². The number of likely N-dealkylation sites (tertiary alicyclic amines) is 1. The smallest absolute Gasteiger partial charge is 0.118 e. The van der Waals surface area contributed by atoms with Crippen molar-refractivity contribution < 1.29 is 5.11 Å². The van der Waals surface area contributed by atoms with Crippen LogP contribution in [0.25, 0.3) is 0 Å². The fourth-order valence-electron chi connectivity index (χ4n) is 2.43. The minimum Gasteiger partial charge on any atom is -0.508 e. The van der Waals surface area contributed by atoms with Gasteiger partial charge in [-0.2, -0.15) is 0 Å². The Labute approximate surface area is 91.5 Å². The van der Waals surface area contributed by atoms with Gasteiger partial charge in [0, 0.05) is 6.54 Å². The molecule has 15 heavy (non-hydrogen) atoms. The molecule has 1 saturated heterocycles. The van der Waals surface area contributed by atoms with Crippen LogP contribution < -0.4 is 0 Å². The quantitative estimate of drug-likeness (QED) is 0.800. The molecule has 2 rings (SSSR count). The lowest BCUT2D eigenvalue weighted by Gasteiger charge is -2.29. The minimum absolute atomic E-state index is 0.450. The molecule has 0 aliphatic carbocycles. The summed E-state index contributed by atoms with van der Waals surface area (Å²) in [6.07, 6.45) is 3.59. The molecular formula is C13H19NO. The second kappa shape index (κ2) is 4.67. The third-order valence-corrected chi connectivity index (χ3v) is 3.22. The van der Waals surface area contributed by atoms with Gasteiger partial charge in [-0.05, 0) is 50.4 Å². The molecule has 1 aromatic rings. The minimum atomic E-state index is 0.450. The summed E-state index contributed by atoms with van der Waals surface area (Å²) in [6.45, 7) is 2.38. The number of phenols is 1. The topological polar surface area (TPSA) is 23.5 Å². The van der Waals surface area contributed by atoms with E-state index < -0.39 is 0 Å². The summed E-state index contributed by atoms with van der Waals surface area (Å²) < 4.78 is 0. The summed E-state index contributed by atoms with van der Waals surface area (Å²) in [4.78, 5) is 2.38. The van der Waals surface area contributed by atoms with Crippen molar-refractivity contribution in [2.45, 2.75) is 19.3 Å². The van der Waals surface area contributed by atoms with Crippen LogP contribution in [0.15, 0.2) is 24.3 Å². The highest BCUT2D eigenvalue weighted by Crippen LogP contribution is 2.24. The first-order chi connectivity index (χ1) is 7.25. The molecule has 0 amide bonds. The highest BCUT2D eigenvalue weighted by Gasteiger charge is 2.18. The van der Waals surface area contributed by atoms with Crippen LogP contribution in [0.3, 0.4) is 0 Å². The van der Waals surface area contributed by atoms with E-state index in [2.05, 4.69) is 11.9 Å². The molecule has 0 saturated carbocycles. The summed E-state index contributed by atoms with van der Waals surface area (Å²) >= 11 is 0. The summed E-state index contributed by atoms with van der Waals surface area (Å²) in [6, 6.07) is 7.69. The van der Waals surface area contributed by atoms with Crippen LogP contribution in [-0.2, 0) is 6.42 Å². The summed E-state index contributed by atoms with van der Waals surface area (Å²) in [7, 11) is 2.18. The third-order valence-electron chi connectivity index (χ3n) is 3.22. The number of rotatable bonds is 2. The Bertz CT molecular complexity index is 324. The lowest BCUT2D eigenvalue weighted by atomic mass is 9.91. The maximum absolute atomic E-state index is 9.69. The zero-order valence-electron chi connectivity index (χ0n) is 9.32. The van der Waals surface area contributed by atoms with Crippen LogP contribution in [-0.4, -0.2) is 30.1 Å². The van der Waals surface area contributed by atoms with Gasteiger partial charge in [-0.3, -0.25) is 0 Å². The van der Waals surface area contributed by atoms with Crippen molar-refractivity contribution in [3.63, 3.8) is 0 Å². The number of phenolic OH excluding ortho intramolecular Hbond substituents is 1. The average molecular weight is 205 g/mol. The van der Waals surface area contributed by atoms with Gasteiger partial charge in [-0.25, -0.2) is 0 Å². The van der Waals surface area contributed by atoms with Crippen molar-refractivity contribution >= 4 is 0 Å². The van der Waals surface area contributed by atoms with E-state index in [1.54, 1.807) is 6.07 Å². The number of hydrogen-bond donors (Lipinski definition) is 1. The van der Waals surface area contributed by atoms with Crippen molar-refractivity contribution in [2.75, 3.05) is 20.1 Å². The predicted molar refractivity (Wildman–Crippen MR) is 62.0 cm³/mol. The highest BCUT2D eigenvalue weighted by atomic mass is 16.3. The van der Waals surface area contributed by atoms with Crippen molar-refractivity contribution in [2.24, 2.45) is 5.92 Å². The van der Waals surface area contributed by atoms with Crippen molar-refractivity contribution in [1.82, 2.24) is 4.90 Å². The molecule has 2 heteroatoms. The van der Waals surface area contributed by atoms with E-state index in [4.69, 9.17) is 0 Å². The Morgan fingerprint density at radius 1 is 1.40 bits per heavy atom. The number of para-hydroxylation sites is 1. The van der Waals surface area contributed by atoms with Crippen LogP contribution in [0.2, 0.25) is 0 Å². The Morgan fingerprint density at radius 3 is 2.93 bits per heavy atom. The Morgan fingerprint density at radius 2 is 2.20 bits per heavy atom. The third kappa shape index (κ3) is 2.72. The molecule has 0 spiro atoms. The molecule has 0 aromatic heterocycles. The van der Waals surface area contributed by atoms with E-state index in [9.17, 15) is 5.11 Å². The Hall–Kier alpha value is -1.02. The number of benzene rings is 1. The molecule has 1 aliphatic rings. The number of nitrogens with zero attached hydrogens (tertiary/aromatic N) is 1. The van der Waals surface area contributed by atoms with Crippen molar-refractivity contribution in [3.05, 3.63) is 29.8 Å². The lowest BCUT2D eigenvalue weighted by Crippen LogP contribution is -2.32. The van der Waals surface area contributed by atoms with Crippen LogP contribution in [0.1, 0.15) is 18.4 Å². The van der Waals surface area contributed by atoms with E-state index in [1.807, 2.05) is 18.2 Å². The van der Waals surface area contributed by atoms with E-state index in [0.29, 0.717) is 11.7 Å². The number of aromatic hydroxyl groups is 1. The second-order valence-electron chi connectivity index (χ2n) is 4.60. The van der Waals surface area contributed by atoms with Gasteiger partial charge >= 0.3 is 0 Å². The first kappa shape index (κ1) is 10.5. The van der Waals surface area contributed by atoms with Crippen molar-refractivity contribution in [3.8, 4) is 5.75 Å². The monoisotopic (exact) mass is 205 g/mol. The fraction of sp³-hybridized carbons (Fsp3) is 0.538. The van der Waals surface area contributed by atoms with Crippen LogP contribution >= 0.6 is 0 Å². The first-order valence-corrected chi connectivity index (χ1v) is 5.71. The summed E-state index contributed by atoms with van der Waals surface area (Å²) in [5.41, 5.74) is 1.10.